The van der Waals surface area contributed by atoms with Gasteiger partial charge in [0, 0.05) is 6.04 Å². The fourth-order valence-electron chi connectivity index (χ4n) is 2.19. The molecule has 0 heterocycles. The smallest absolute Gasteiger partial charge is 0.165 e. The van der Waals surface area contributed by atoms with Crippen molar-refractivity contribution in [3.63, 3.8) is 0 Å². The second-order valence-corrected chi connectivity index (χ2v) is 4.44. The van der Waals surface area contributed by atoms with E-state index in [2.05, 4.69) is 12.2 Å². The standard InChI is InChI=1S/C14H23FN2O/c1-4-18-13-6-5-11(9-12(13)15)14(17-3)10(2)7-8-16/h5-6,9-10,14,17H,4,7-8,16H2,1-3H3. The van der Waals surface area contributed by atoms with Crippen LogP contribution in [0.15, 0.2) is 18.2 Å². The second kappa shape index (κ2) is 7.34. The van der Waals surface area contributed by atoms with Crippen LogP contribution in [0.4, 0.5) is 4.39 Å². The average molecular weight is 254 g/mol. The minimum Gasteiger partial charge on any atom is -0.491 e. The summed E-state index contributed by atoms with van der Waals surface area (Å²) in [6, 6.07) is 5.24. The lowest BCUT2D eigenvalue weighted by atomic mass is 9.92. The Morgan fingerprint density at radius 1 is 1.44 bits per heavy atom. The lowest BCUT2D eigenvalue weighted by Crippen LogP contribution is -2.25. The quantitative estimate of drug-likeness (QED) is 0.786. The van der Waals surface area contributed by atoms with Gasteiger partial charge in [-0.2, -0.15) is 0 Å². The summed E-state index contributed by atoms with van der Waals surface area (Å²) >= 11 is 0. The predicted molar refractivity (Wildman–Crippen MR) is 72.2 cm³/mol. The molecule has 0 fully saturated rings. The third-order valence-corrected chi connectivity index (χ3v) is 3.12. The predicted octanol–water partition coefficient (Wildman–Crippen LogP) is 2.47. The van der Waals surface area contributed by atoms with Gasteiger partial charge in [-0.25, -0.2) is 4.39 Å². The highest BCUT2D eigenvalue weighted by Crippen LogP contribution is 2.27. The Bertz CT molecular complexity index is 371. The maximum absolute atomic E-state index is 13.8. The van der Waals surface area contributed by atoms with Gasteiger partial charge in [0.05, 0.1) is 6.61 Å². The molecule has 3 nitrogen and oxygen atoms in total. The summed E-state index contributed by atoms with van der Waals surface area (Å²) in [4.78, 5) is 0. The molecule has 2 atom stereocenters. The van der Waals surface area contributed by atoms with Gasteiger partial charge in [0.25, 0.3) is 0 Å². The van der Waals surface area contributed by atoms with Crippen LogP contribution in [-0.2, 0) is 0 Å². The first-order chi connectivity index (χ1) is 8.63. The molecule has 18 heavy (non-hydrogen) atoms. The molecule has 0 aliphatic carbocycles. The molecule has 0 aromatic heterocycles. The molecule has 0 saturated heterocycles. The van der Waals surface area contributed by atoms with E-state index in [0.717, 1.165) is 12.0 Å². The molecule has 0 saturated carbocycles. The van der Waals surface area contributed by atoms with E-state index in [-0.39, 0.29) is 11.9 Å². The van der Waals surface area contributed by atoms with Crippen molar-refractivity contribution in [2.24, 2.45) is 11.7 Å². The third kappa shape index (κ3) is 3.68. The van der Waals surface area contributed by atoms with Crippen LogP contribution >= 0.6 is 0 Å². The lowest BCUT2D eigenvalue weighted by Gasteiger charge is -2.24. The van der Waals surface area contributed by atoms with E-state index < -0.39 is 0 Å². The van der Waals surface area contributed by atoms with E-state index in [1.807, 2.05) is 20.0 Å². The first-order valence-electron chi connectivity index (χ1n) is 6.43. The van der Waals surface area contributed by atoms with E-state index >= 15 is 0 Å². The van der Waals surface area contributed by atoms with Crippen molar-refractivity contribution in [1.29, 1.82) is 0 Å². The monoisotopic (exact) mass is 254 g/mol. The number of rotatable bonds is 7. The van der Waals surface area contributed by atoms with Crippen molar-refractivity contribution < 1.29 is 9.13 Å². The topological polar surface area (TPSA) is 47.3 Å². The van der Waals surface area contributed by atoms with Crippen LogP contribution in [-0.4, -0.2) is 20.2 Å². The number of nitrogens with one attached hydrogen (secondary N) is 1. The number of ether oxygens (including phenoxy) is 1. The molecule has 0 amide bonds. The minimum atomic E-state index is -0.311. The Kier molecular flexibility index (Phi) is 6.09. The van der Waals surface area contributed by atoms with Gasteiger partial charge in [-0.1, -0.05) is 13.0 Å². The van der Waals surface area contributed by atoms with Crippen molar-refractivity contribution >= 4 is 0 Å². The fourth-order valence-corrected chi connectivity index (χ4v) is 2.19. The molecule has 2 unspecified atom stereocenters. The zero-order valence-corrected chi connectivity index (χ0v) is 11.4. The third-order valence-electron chi connectivity index (χ3n) is 3.12. The molecule has 102 valence electrons. The number of benzene rings is 1. The average Bonchev–Trinajstić information content (AvgIpc) is 2.34. The first kappa shape index (κ1) is 14.9. The lowest BCUT2D eigenvalue weighted by molar-refractivity contribution is 0.320. The molecule has 3 N–H and O–H groups in total. The van der Waals surface area contributed by atoms with Gasteiger partial charge >= 0.3 is 0 Å². The molecule has 1 aromatic carbocycles. The van der Waals surface area contributed by atoms with Crippen molar-refractivity contribution in [2.45, 2.75) is 26.3 Å². The Labute approximate surface area is 109 Å². The maximum atomic E-state index is 13.8. The van der Waals surface area contributed by atoms with Crippen molar-refractivity contribution in [2.75, 3.05) is 20.2 Å². The summed E-state index contributed by atoms with van der Waals surface area (Å²) in [6.07, 6.45) is 0.903. The molecule has 0 radical (unpaired) electrons. The Morgan fingerprint density at radius 2 is 2.17 bits per heavy atom. The van der Waals surface area contributed by atoms with Crippen LogP contribution in [0.1, 0.15) is 31.9 Å². The summed E-state index contributed by atoms with van der Waals surface area (Å²) in [6.45, 7) is 5.06. The van der Waals surface area contributed by atoms with Crippen LogP contribution < -0.4 is 15.8 Å². The highest BCUT2D eigenvalue weighted by molar-refractivity contribution is 5.31. The van der Waals surface area contributed by atoms with Gasteiger partial charge in [0.2, 0.25) is 0 Å². The highest BCUT2D eigenvalue weighted by Gasteiger charge is 2.18. The largest absolute Gasteiger partial charge is 0.491 e. The van der Waals surface area contributed by atoms with Gasteiger partial charge in [-0.3, -0.25) is 0 Å². The number of hydrogen-bond donors (Lipinski definition) is 2. The highest BCUT2D eigenvalue weighted by atomic mass is 19.1. The minimum absolute atomic E-state index is 0.110. The van der Waals surface area contributed by atoms with E-state index in [1.54, 1.807) is 12.1 Å². The first-order valence-corrected chi connectivity index (χ1v) is 6.43. The molecular weight excluding hydrogens is 231 g/mol. The summed E-state index contributed by atoms with van der Waals surface area (Å²) < 4.78 is 19.0. The molecular formula is C14H23FN2O. The number of halogens is 1. The normalized spacial score (nSPS) is 14.3. The van der Waals surface area contributed by atoms with Crippen LogP contribution in [0.2, 0.25) is 0 Å². The van der Waals surface area contributed by atoms with Crippen LogP contribution in [0.25, 0.3) is 0 Å². The van der Waals surface area contributed by atoms with E-state index in [0.29, 0.717) is 24.8 Å². The molecule has 1 aromatic rings. The second-order valence-electron chi connectivity index (χ2n) is 4.44. The molecule has 1 rings (SSSR count). The maximum Gasteiger partial charge on any atom is 0.165 e. The molecule has 0 aliphatic heterocycles. The van der Waals surface area contributed by atoms with E-state index in [1.165, 1.54) is 0 Å². The van der Waals surface area contributed by atoms with Gasteiger partial charge in [0.15, 0.2) is 11.6 Å². The van der Waals surface area contributed by atoms with Gasteiger partial charge in [-0.05, 0) is 50.6 Å². The summed E-state index contributed by atoms with van der Waals surface area (Å²) in [7, 11) is 1.88. The Hall–Kier alpha value is -1.13. The van der Waals surface area contributed by atoms with Gasteiger partial charge in [0.1, 0.15) is 0 Å². The van der Waals surface area contributed by atoms with Crippen LogP contribution in [0.5, 0.6) is 5.75 Å². The van der Waals surface area contributed by atoms with Crippen molar-refractivity contribution in [1.82, 2.24) is 5.32 Å². The van der Waals surface area contributed by atoms with Crippen molar-refractivity contribution in [3.8, 4) is 5.75 Å². The van der Waals surface area contributed by atoms with Crippen LogP contribution in [0, 0.1) is 11.7 Å². The molecule has 0 aliphatic rings. The zero-order chi connectivity index (χ0) is 13.5. The van der Waals surface area contributed by atoms with Crippen molar-refractivity contribution in [3.05, 3.63) is 29.6 Å². The Morgan fingerprint density at radius 3 is 2.67 bits per heavy atom. The van der Waals surface area contributed by atoms with E-state index in [4.69, 9.17) is 10.5 Å². The van der Waals surface area contributed by atoms with Crippen LogP contribution in [0.3, 0.4) is 0 Å². The molecule has 0 bridgehead atoms. The Balaban J connectivity index is 2.90. The molecule has 0 spiro atoms. The van der Waals surface area contributed by atoms with E-state index in [9.17, 15) is 4.39 Å². The van der Waals surface area contributed by atoms with Gasteiger partial charge < -0.3 is 15.8 Å². The van der Waals surface area contributed by atoms with Gasteiger partial charge in [-0.15, -0.1) is 0 Å². The fraction of sp³-hybridized carbons (Fsp3) is 0.571. The summed E-state index contributed by atoms with van der Waals surface area (Å²) in [5, 5.41) is 3.22. The summed E-state index contributed by atoms with van der Waals surface area (Å²) in [5.41, 5.74) is 6.50. The number of hydrogen-bond acceptors (Lipinski definition) is 3. The number of nitrogens with two attached hydrogens (primary N) is 1. The zero-order valence-electron chi connectivity index (χ0n) is 11.4. The summed E-state index contributed by atoms with van der Waals surface area (Å²) in [5.74, 6) is 0.356. The SMILES string of the molecule is CCOc1ccc(C(NC)C(C)CCN)cc1F. The molecule has 4 heteroatoms.